The van der Waals surface area contributed by atoms with Crippen molar-refractivity contribution in [2.75, 3.05) is 25.1 Å². The van der Waals surface area contributed by atoms with Crippen LogP contribution in [0.2, 0.25) is 0 Å². The highest BCUT2D eigenvalue weighted by Crippen LogP contribution is 2.11. The molecule has 0 aliphatic carbocycles. The number of likely N-dealkylation sites (tertiary alicyclic amines) is 1. The number of carbonyl (C=O) groups excluding carboxylic acids is 1. The fraction of sp³-hybridized carbons (Fsp3) is 0.538. The molecule has 1 fully saturated rings. The molecule has 0 bridgehead atoms. The van der Waals surface area contributed by atoms with Gasteiger partial charge in [-0.3, -0.25) is 20.5 Å². The number of aromatic nitrogens is 1. The molecule has 0 aromatic carbocycles. The van der Waals surface area contributed by atoms with E-state index in [2.05, 4.69) is 27.6 Å². The monoisotopic (exact) mass is 263 g/mol. The molecule has 1 unspecified atom stereocenters. The molecule has 1 aliphatic heterocycles. The van der Waals surface area contributed by atoms with Gasteiger partial charge in [-0.05, 0) is 45.0 Å². The molecule has 19 heavy (non-hydrogen) atoms. The van der Waals surface area contributed by atoms with E-state index < -0.39 is 0 Å². The van der Waals surface area contributed by atoms with Crippen LogP contribution >= 0.6 is 0 Å². The molecule has 0 radical (unpaired) electrons. The number of hydrogen-bond acceptors (Lipinski definition) is 5. The van der Waals surface area contributed by atoms with Crippen molar-refractivity contribution in [3.8, 4) is 0 Å². The van der Waals surface area contributed by atoms with Gasteiger partial charge in [-0.15, -0.1) is 0 Å². The van der Waals surface area contributed by atoms with Gasteiger partial charge >= 0.3 is 0 Å². The van der Waals surface area contributed by atoms with Crippen LogP contribution in [0.15, 0.2) is 18.3 Å². The lowest BCUT2D eigenvalue weighted by molar-refractivity contribution is 0.0935. The van der Waals surface area contributed by atoms with Crippen molar-refractivity contribution < 1.29 is 4.79 Å². The molecule has 1 amide bonds. The molecule has 4 N–H and O–H groups in total. The van der Waals surface area contributed by atoms with E-state index in [1.54, 1.807) is 18.3 Å². The minimum atomic E-state index is -0.164. The van der Waals surface area contributed by atoms with Gasteiger partial charge < -0.3 is 10.7 Å². The summed E-state index contributed by atoms with van der Waals surface area (Å²) in [4.78, 5) is 18.4. The van der Waals surface area contributed by atoms with Crippen LogP contribution in [0.5, 0.6) is 0 Å². The number of carbonyl (C=O) groups is 1. The number of rotatable bonds is 5. The van der Waals surface area contributed by atoms with E-state index in [0.29, 0.717) is 24.0 Å². The van der Waals surface area contributed by atoms with Gasteiger partial charge in [-0.1, -0.05) is 0 Å². The fourth-order valence-corrected chi connectivity index (χ4v) is 2.29. The van der Waals surface area contributed by atoms with Crippen molar-refractivity contribution in [1.29, 1.82) is 0 Å². The number of anilines is 1. The molecule has 6 nitrogen and oxygen atoms in total. The summed E-state index contributed by atoms with van der Waals surface area (Å²) in [6, 6.07) is 3.71. The largest absolute Gasteiger partial charge is 0.349 e. The summed E-state index contributed by atoms with van der Waals surface area (Å²) < 4.78 is 0. The lowest BCUT2D eigenvalue weighted by atomic mass is 10.2. The second-order valence-corrected chi connectivity index (χ2v) is 4.88. The van der Waals surface area contributed by atoms with Crippen molar-refractivity contribution >= 4 is 11.6 Å². The molecule has 1 aliphatic rings. The smallest absolute Gasteiger partial charge is 0.270 e. The quantitative estimate of drug-likeness (QED) is 0.535. The van der Waals surface area contributed by atoms with Crippen LogP contribution in [-0.2, 0) is 0 Å². The maximum Gasteiger partial charge on any atom is 0.270 e. The summed E-state index contributed by atoms with van der Waals surface area (Å²) in [5, 5.41) is 2.92. The van der Waals surface area contributed by atoms with E-state index >= 15 is 0 Å². The molecule has 1 atom stereocenters. The van der Waals surface area contributed by atoms with E-state index in [1.165, 1.54) is 12.8 Å². The van der Waals surface area contributed by atoms with E-state index in [1.807, 2.05) is 0 Å². The third kappa shape index (κ3) is 3.65. The Morgan fingerprint density at radius 2 is 2.26 bits per heavy atom. The number of hydrazine groups is 1. The summed E-state index contributed by atoms with van der Waals surface area (Å²) in [5.41, 5.74) is 3.56. The van der Waals surface area contributed by atoms with E-state index in [9.17, 15) is 4.79 Å². The van der Waals surface area contributed by atoms with E-state index in [0.717, 1.165) is 13.1 Å². The van der Waals surface area contributed by atoms with Crippen LogP contribution in [0, 0.1) is 0 Å². The SMILES string of the molecule is CC(CNC(=O)c1cc(NN)ccn1)N1CCCC1. The van der Waals surface area contributed by atoms with Gasteiger partial charge in [0.15, 0.2) is 0 Å². The lowest BCUT2D eigenvalue weighted by Crippen LogP contribution is -2.40. The van der Waals surface area contributed by atoms with Gasteiger partial charge in [0.1, 0.15) is 5.69 Å². The molecular weight excluding hydrogens is 242 g/mol. The Balaban J connectivity index is 1.86. The number of nitrogens with two attached hydrogens (primary N) is 1. The van der Waals surface area contributed by atoms with Crippen molar-refractivity contribution in [2.45, 2.75) is 25.8 Å². The summed E-state index contributed by atoms with van der Waals surface area (Å²) in [7, 11) is 0. The highest BCUT2D eigenvalue weighted by Gasteiger charge is 2.18. The molecule has 6 heteroatoms. The van der Waals surface area contributed by atoms with E-state index in [-0.39, 0.29) is 5.91 Å². The number of nitrogens with one attached hydrogen (secondary N) is 2. The Morgan fingerprint density at radius 1 is 1.53 bits per heavy atom. The Morgan fingerprint density at radius 3 is 2.95 bits per heavy atom. The van der Waals surface area contributed by atoms with Crippen LogP contribution in [-0.4, -0.2) is 41.5 Å². The second-order valence-electron chi connectivity index (χ2n) is 4.88. The number of hydrogen-bond donors (Lipinski definition) is 3. The minimum absolute atomic E-state index is 0.164. The average Bonchev–Trinajstić information content (AvgIpc) is 2.98. The van der Waals surface area contributed by atoms with Crippen molar-refractivity contribution in [3.05, 3.63) is 24.0 Å². The number of amides is 1. The first-order valence-corrected chi connectivity index (χ1v) is 6.65. The van der Waals surface area contributed by atoms with Crippen molar-refractivity contribution in [2.24, 2.45) is 5.84 Å². The first-order valence-electron chi connectivity index (χ1n) is 6.65. The molecule has 2 rings (SSSR count). The van der Waals surface area contributed by atoms with Crippen LogP contribution in [0.1, 0.15) is 30.3 Å². The molecule has 1 saturated heterocycles. The maximum atomic E-state index is 12.0. The summed E-state index contributed by atoms with van der Waals surface area (Å²) >= 11 is 0. The Hall–Kier alpha value is -1.66. The summed E-state index contributed by atoms with van der Waals surface area (Å²) in [6.07, 6.45) is 4.07. The molecule has 104 valence electrons. The van der Waals surface area contributed by atoms with E-state index in [4.69, 9.17) is 5.84 Å². The number of nitrogen functional groups attached to an aromatic ring is 1. The topological polar surface area (TPSA) is 83.3 Å². The predicted octanol–water partition coefficient (Wildman–Crippen LogP) is 0.581. The molecule has 1 aromatic rings. The van der Waals surface area contributed by atoms with Gasteiger partial charge in [0, 0.05) is 18.8 Å². The van der Waals surface area contributed by atoms with Crippen LogP contribution in [0.4, 0.5) is 5.69 Å². The standard InChI is InChI=1S/C13H21N5O/c1-10(18-6-2-3-7-18)9-16-13(19)12-8-11(17-14)4-5-15-12/h4-5,8,10H,2-3,6-7,9,14H2,1H3,(H,15,17)(H,16,19). The fourth-order valence-electron chi connectivity index (χ4n) is 2.29. The highest BCUT2D eigenvalue weighted by atomic mass is 16.1. The first-order chi connectivity index (χ1) is 9.20. The lowest BCUT2D eigenvalue weighted by Gasteiger charge is -2.23. The van der Waals surface area contributed by atoms with Gasteiger partial charge in [-0.2, -0.15) is 0 Å². The van der Waals surface area contributed by atoms with Crippen molar-refractivity contribution in [3.63, 3.8) is 0 Å². The average molecular weight is 263 g/mol. The molecule has 1 aromatic heterocycles. The van der Waals surface area contributed by atoms with Gasteiger partial charge in [-0.25, -0.2) is 0 Å². The second kappa shape index (κ2) is 6.49. The zero-order valence-corrected chi connectivity index (χ0v) is 11.2. The summed E-state index contributed by atoms with van der Waals surface area (Å²) in [5.74, 6) is 5.14. The normalized spacial score (nSPS) is 17.2. The zero-order valence-electron chi connectivity index (χ0n) is 11.2. The highest BCUT2D eigenvalue weighted by molar-refractivity contribution is 5.93. The Labute approximate surface area is 113 Å². The Bertz CT molecular complexity index is 431. The van der Waals surface area contributed by atoms with Gasteiger partial charge in [0.2, 0.25) is 0 Å². The molecule has 0 spiro atoms. The Kier molecular flexibility index (Phi) is 4.70. The third-order valence-corrected chi connectivity index (χ3v) is 3.48. The van der Waals surface area contributed by atoms with Gasteiger partial charge in [0.25, 0.3) is 5.91 Å². The zero-order chi connectivity index (χ0) is 13.7. The molecule has 2 heterocycles. The number of pyridine rings is 1. The number of nitrogens with zero attached hydrogens (tertiary/aromatic N) is 2. The van der Waals surface area contributed by atoms with Crippen molar-refractivity contribution in [1.82, 2.24) is 15.2 Å². The van der Waals surface area contributed by atoms with Crippen LogP contribution in [0.25, 0.3) is 0 Å². The third-order valence-electron chi connectivity index (χ3n) is 3.48. The van der Waals surface area contributed by atoms with Crippen LogP contribution < -0.4 is 16.6 Å². The van der Waals surface area contributed by atoms with Crippen LogP contribution in [0.3, 0.4) is 0 Å². The summed E-state index contributed by atoms with van der Waals surface area (Å²) in [6.45, 7) is 5.03. The van der Waals surface area contributed by atoms with Gasteiger partial charge in [0.05, 0.1) is 5.69 Å². The first kappa shape index (κ1) is 13.8. The molecule has 0 saturated carbocycles. The predicted molar refractivity (Wildman–Crippen MR) is 74.6 cm³/mol. The minimum Gasteiger partial charge on any atom is -0.349 e. The molecular formula is C13H21N5O. The maximum absolute atomic E-state index is 12.0.